The molecule has 0 radical (unpaired) electrons. The Labute approximate surface area is 123 Å². The average Bonchev–Trinajstić information content (AvgIpc) is 2.45. The van der Waals surface area contributed by atoms with E-state index in [4.69, 9.17) is 4.74 Å². The molecule has 2 aromatic carbocycles. The highest BCUT2D eigenvalue weighted by atomic mass is 19.1. The first-order valence-corrected chi connectivity index (χ1v) is 6.76. The van der Waals surface area contributed by atoms with E-state index in [9.17, 15) is 9.18 Å². The Balaban J connectivity index is 1.98. The molecule has 0 saturated heterocycles. The van der Waals surface area contributed by atoms with Crippen LogP contribution in [0.4, 0.5) is 10.1 Å². The van der Waals surface area contributed by atoms with E-state index < -0.39 is 6.10 Å². The minimum Gasteiger partial charge on any atom is -0.481 e. The van der Waals surface area contributed by atoms with E-state index in [2.05, 4.69) is 5.32 Å². The number of hydrogen-bond donors (Lipinski definition) is 1. The Bertz CT molecular complexity index is 638. The lowest BCUT2D eigenvalue weighted by atomic mass is 10.2. The summed E-state index contributed by atoms with van der Waals surface area (Å²) in [5.41, 5.74) is 2.08. The molecule has 110 valence electrons. The topological polar surface area (TPSA) is 38.3 Å². The molecule has 0 aromatic heterocycles. The smallest absolute Gasteiger partial charge is 0.265 e. The summed E-state index contributed by atoms with van der Waals surface area (Å²) in [5, 5.41) is 2.64. The maximum absolute atomic E-state index is 13.4. The Morgan fingerprint density at radius 2 is 1.81 bits per heavy atom. The third-order valence-electron chi connectivity index (χ3n) is 3.14. The van der Waals surface area contributed by atoms with E-state index in [1.165, 1.54) is 6.07 Å². The Kier molecular flexibility index (Phi) is 4.58. The summed E-state index contributed by atoms with van der Waals surface area (Å²) in [5.74, 6) is -0.0444. The van der Waals surface area contributed by atoms with Gasteiger partial charge in [0.25, 0.3) is 5.91 Å². The zero-order chi connectivity index (χ0) is 15.4. The van der Waals surface area contributed by atoms with Gasteiger partial charge in [-0.2, -0.15) is 0 Å². The number of nitrogens with one attached hydrogen (secondary N) is 1. The molecule has 1 N–H and O–H groups in total. The third kappa shape index (κ3) is 4.05. The van der Waals surface area contributed by atoms with Crippen molar-refractivity contribution in [2.45, 2.75) is 26.9 Å². The second kappa shape index (κ2) is 6.39. The summed E-state index contributed by atoms with van der Waals surface area (Å²) >= 11 is 0. The molecule has 0 bridgehead atoms. The number of hydrogen-bond acceptors (Lipinski definition) is 2. The van der Waals surface area contributed by atoms with E-state index in [1.54, 1.807) is 26.0 Å². The van der Waals surface area contributed by atoms with Gasteiger partial charge in [0.05, 0.1) is 0 Å². The summed E-state index contributed by atoms with van der Waals surface area (Å²) in [7, 11) is 0. The lowest BCUT2D eigenvalue weighted by Gasteiger charge is -2.15. The fraction of sp³-hybridized carbons (Fsp3) is 0.235. The van der Waals surface area contributed by atoms with E-state index in [0.717, 1.165) is 5.56 Å². The van der Waals surface area contributed by atoms with Crippen molar-refractivity contribution in [2.24, 2.45) is 0 Å². The number of carbonyl (C=O) groups is 1. The zero-order valence-corrected chi connectivity index (χ0v) is 12.3. The third-order valence-corrected chi connectivity index (χ3v) is 3.14. The van der Waals surface area contributed by atoms with Crippen LogP contribution in [-0.4, -0.2) is 12.0 Å². The SMILES string of the molecule is Cc1ccc(O[C@@H](C)C(=O)Nc2ccc(C)c(F)c2)cc1. The van der Waals surface area contributed by atoms with Gasteiger partial charge in [-0.05, 0) is 50.6 Å². The Morgan fingerprint density at radius 1 is 1.14 bits per heavy atom. The molecule has 0 fully saturated rings. The second-order valence-corrected chi connectivity index (χ2v) is 5.03. The van der Waals surface area contributed by atoms with Crippen molar-refractivity contribution >= 4 is 11.6 Å². The van der Waals surface area contributed by atoms with Crippen LogP contribution >= 0.6 is 0 Å². The summed E-state index contributed by atoms with van der Waals surface area (Å²) in [6.07, 6.45) is -0.669. The molecular formula is C17H18FNO2. The van der Waals surface area contributed by atoms with E-state index in [-0.39, 0.29) is 11.7 Å². The number of ether oxygens (including phenoxy) is 1. The number of carbonyl (C=O) groups excluding carboxylic acids is 1. The van der Waals surface area contributed by atoms with Gasteiger partial charge in [-0.15, -0.1) is 0 Å². The van der Waals surface area contributed by atoms with Gasteiger partial charge < -0.3 is 10.1 Å². The predicted octanol–water partition coefficient (Wildman–Crippen LogP) is 3.85. The van der Waals surface area contributed by atoms with E-state index in [1.807, 2.05) is 31.2 Å². The monoisotopic (exact) mass is 287 g/mol. The van der Waals surface area contributed by atoms with Crippen molar-refractivity contribution in [1.82, 2.24) is 0 Å². The van der Waals surface area contributed by atoms with Crippen LogP contribution in [0, 0.1) is 19.7 Å². The maximum Gasteiger partial charge on any atom is 0.265 e. The van der Waals surface area contributed by atoms with Gasteiger partial charge in [0, 0.05) is 5.69 Å². The fourth-order valence-corrected chi connectivity index (χ4v) is 1.79. The average molecular weight is 287 g/mol. The van der Waals surface area contributed by atoms with Crippen molar-refractivity contribution in [3.63, 3.8) is 0 Å². The first-order chi connectivity index (χ1) is 9.95. The van der Waals surface area contributed by atoms with Crippen LogP contribution in [0.5, 0.6) is 5.75 Å². The van der Waals surface area contributed by atoms with Gasteiger partial charge in [0.15, 0.2) is 6.10 Å². The molecule has 0 aliphatic rings. The molecule has 2 rings (SSSR count). The number of rotatable bonds is 4. The van der Waals surface area contributed by atoms with Crippen LogP contribution in [0.15, 0.2) is 42.5 Å². The summed E-state index contributed by atoms with van der Waals surface area (Å²) in [4.78, 5) is 12.0. The van der Waals surface area contributed by atoms with Crippen LogP contribution < -0.4 is 10.1 Å². The lowest BCUT2D eigenvalue weighted by molar-refractivity contribution is -0.122. The van der Waals surface area contributed by atoms with Gasteiger partial charge in [-0.25, -0.2) is 4.39 Å². The molecule has 0 aliphatic heterocycles. The molecule has 0 spiro atoms. The minimum absolute atomic E-state index is 0.321. The van der Waals surface area contributed by atoms with Gasteiger partial charge in [-0.3, -0.25) is 4.79 Å². The standard InChI is InChI=1S/C17H18FNO2/c1-11-4-8-15(9-5-11)21-13(3)17(20)19-14-7-6-12(2)16(18)10-14/h4-10,13H,1-3H3,(H,19,20)/t13-/m0/s1. The first-order valence-electron chi connectivity index (χ1n) is 6.76. The summed E-state index contributed by atoms with van der Waals surface area (Å²) in [6, 6.07) is 12.0. The van der Waals surface area contributed by atoms with Crippen molar-refractivity contribution in [3.05, 3.63) is 59.4 Å². The van der Waals surface area contributed by atoms with Crippen LogP contribution in [0.1, 0.15) is 18.1 Å². The van der Waals surface area contributed by atoms with Gasteiger partial charge >= 0.3 is 0 Å². The van der Waals surface area contributed by atoms with Crippen LogP contribution in [-0.2, 0) is 4.79 Å². The molecule has 1 amide bonds. The maximum atomic E-state index is 13.4. The molecule has 4 heteroatoms. The lowest BCUT2D eigenvalue weighted by Crippen LogP contribution is -2.30. The zero-order valence-electron chi connectivity index (χ0n) is 12.3. The van der Waals surface area contributed by atoms with Crippen LogP contribution in [0.2, 0.25) is 0 Å². The molecule has 21 heavy (non-hydrogen) atoms. The quantitative estimate of drug-likeness (QED) is 0.927. The Morgan fingerprint density at radius 3 is 2.43 bits per heavy atom. The predicted molar refractivity (Wildman–Crippen MR) is 81.0 cm³/mol. The van der Waals surface area contributed by atoms with Gasteiger partial charge in [0.1, 0.15) is 11.6 Å². The second-order valence-electron chi connectivity index (χ2n) is 5.03. The molecular weight excluding hydrogens is 269 g/mol. The van der Waals surface area contributed by atoms with Gasteiger partial charge in [-0.1, -0.05) is 23.8 Å². The highest BCUT2D eigenvalue weighted by molar-refractivity contribution is 5.94. The number of benzene rings is 2. The normalized spacial score (nSPS) is 11.8. The molecule has 0 aliphatic carbocycles. The summed E-state index contributed by atoms with van der Waals surface area (Å²) < 4.78 is 19.0. The Hall–Kier alpha value is -2.36. The minimum atomic E-state index is -0.669. The van der Waals surface area contributed by atoms with Gasteiger partial charge in [0.2, 0.25) is 0 Å². The largest absolute Gasteiger partial charge is 0.481 e. The van der Waals surface area contributed by atoms with Crippen LogP contribution in [0.25, 0.3) is 0 Å². The molecule has 2 aromatic rings. The fourth-order valence-electron chi connectivity index (χ4n) is 1.79. The molecule has 1 atom stereocenters. The van der Waals surface area contributed by atoms with Crippen LogP contribution in [0.3, 0.4) is 0 Å². The highest BCUT2D eigenvalue weighted by Crippen LogP contribution is 2.16. The molecule has 0 heterocycles. The number of aryl methyl sites for hydroxylation is 2. The molecule has 0 saturated carbocycles. The van der Waals surface area contributed by atoms with E-state index >= 15 is 0 Å². The van der Waals surface area contributed by atoms with E-state index in [0.29, 0.717) is 17.0 Å². The number of halogens is 1. The highest BCUT2D eigenvalue weighted by Gasteiger charge is 2.15. The molecule has 0 unspecified atom stereocenters. The van der Waals surface area contributed by atoms with Crippen molar-refractivity contribution in [1.29, 1.82) is 0 Å². The number of amides is 1. The first kappa shape index (κ1) is 15.0. The van der Waals surface area contributed by atoms with Crippen molar-refractivity contribution in [3.8, 4) is 5.75 Å². The van der Waals surface area contributed by atoms with Crippen molar-refractivity contribution < 1.29 is 13.9 Å². The summed E-state index contributed by atoms with van der Waals surface area (Å²) in [6.45, 7) is 5.30. The molecule has 3 nitrogen and oxygen atoms in total. The van der Waals surface area contributed by atoms with Crippen molar-refractivity contribution in [2.75, 3.05) is 5.32 Å². The number of anilines is 1.